The fourth-order valence-corrected chi connectivity index (χ4v) is 4.86. The molecule has 2 fully saturated rings. The van der Waals surface area contributed by atoms with Crippen LogP contribution in [0.3, 0.4) is 0 Å². The lowest BCUT2D eigenvalue weighted by atomic mass is 10.2. The number of nitro groups is 1. The van der Waals surface area contributed by atoms with Gasteiger partial charge in [0.25, 0.3) is 11.6 Å². The highest BCUT2D eigenvalue weighted by molar-refractivity contribution is 7.89. The molecule has 0 radical (unpaired) electrons. The molecule has 10 nitrogen and oxygen atoms in total. The van der Waals surface area contributed by atoms with E-state index >= 15 is 0 Å². The summed E-state index contributed by atoms with van der Waals surface area (Å²) in [6, 6.07) is 3.80. The lowest BCUT2D eigenvalue weighted by Crippen LogP contribution is -2.55. The Hall–Kier alpha value is -2.08. The second-order valence-corrected chi connectivity index (χ2v) is 8.41. The maximum Gasteiger partial charge on any atom is 0.270 e. The van der Waals surface area contributed by atoms with Gasteiger partial charge >= 0.3 is 0 Å². The van der Waals surface area contributed by atoms with E-state index in [0.717, 1.165) is 6.07 Å². The number of carbonyl (C=O) groups is 1. The molecule has 1 N–H and O–H groups in total. The van der Waals surface area contributed by atoms with Gasteiger partial charge in [-0.1, -0.05) is 6.07 Å². The fourth-order valence-electron chi connectivity index (χ4n) is 3.20. The van der Waals surface area contributed by atoms with Crippen molar-refractivity contribution in [3.8, 4) is 0 Å². The molecule has 1 aromatic rings. The Bertz CT molecular complexity index is 829. The summed E-state index contributed by atoms with van der Waals surface area (Å²) in [5.41, 5.74) is 0.177. The Morgan fingerprint density at radius 1 is 1.30 bits per heavy atom. The van der Waals surface area contributed by atoms with Crippen LogP contribution in [0.25, 0.3) is 0 Å². The molecule has 2 heterocycles. The summed E-state index contributed by atoms with van der Waals surface area (Å²) in [6.45, 7) is 4.01. The van der Waals surface area contributed by atoms with Gasteiger partial charge in [-0.05, 0) is 12.5 Å². The van der Waals surface area contributed by atoms with Crippen molar-refractivity contribution in [3.63, 3.8) is 0 Å². The molecule has 0 spiro atoms. The summed E-state index contributed by atoms with van der Waals surface area (Å²) < 4.78 is 32.6. The highest BCUT2D eigenvalue weighted by Gasteiger charge is 2.34. The Morgan fingerprint density at radius 2 is 2.00 bits per heavy atom. The smallest absolute Gasteiger partial charge is 0.270 e. The Kier molecular flexibility index (Phi) is 5.75. The highest BCUT2D eigenvalue weighted by Crippen LogP contribution is 2.25. The highest BCUT2D eigenvalue weighted by atomic mass is 32.2. The molecule has 1 atom stereocenters. The van der Waals surface area contributed by atoms with Crippen LogP contribution in [0.2, 0.25) is 0 Å². The van der Waals surface area contributed by atoms with Gasteiger partial charge in [0.15, 0.2) is 0 Å². The molecule has 0 bridgehead atoms. The van der Waals surface area contributed by atoms with Crippen molar-refractivity contribution in [3.05, 3.63) is 33.9 Å². The molecule has 148 valence electrons. The maximum atomic E-state index is 12.9. The molecule has 3 rings (SSSR count). The number of hydrogen-bond donors (Lipinski definition) is 1. The summed E-state index contributed by atoms with van der Waals surface area (Å²) in [7, 11) is -3.88. The Morgan fingerprint density at radius 3 is 2.59 bits per heavy atom. The number of ether oxygens (including phenoxy) is 1. The van der Waals surface area contributed by atoms with Crippen LogP contribution in [0.5, 0.6) is 0 Å². The maximum absolute atomic E-state index is 12.9. The summed E-state index contributed by atoms with van der Waals surface area (Å²) in [5.74, 6) is -0.147. The largest absolute Gasteiger partial charge is 0.366 e. The van der Waals surface area contributed by atoms with Crippen molar-refractivity contribution in [1.29, 1.82) is 0 Å². The number of nitrogens with one attached hydrogen (secondary N) is 1. The number of sulfonamides is 1. The minimum absolute atomic E-state index is 0.0729. The van der Waals surface area contributed by atoms with Gasteiger partial charge < -0.3 is 15.0 Å². The van der Waals surface area contributed by atoms with Gasteiger partial charge in [0.1, 0.15) is 6.10 Å². The van der Waals surface area contributed by atoms with Gasteiger partial charge in [0.05, 0.1) is 16.4 Å². The second kappa shape index (κ2) is 7.89. The van der Waals surface area contributed by atoms with E-state index in [-0.39, 0.29) is 42.7 Å². The number of aryl methyl sites for hydroxylation is 1. The summed E-state index contributed by atoms with van der Waals surface area (Å²) in [6.07, 6.45) is -0.541. The minimum Gasteiger partial charge on any atom is -0.366 e. The molecule has 27 heavy (non-hydrogen) atoms. The Labute approximate surface area is 157 Å². The van der Waals surface area contributed by atoms with Crippen LogP contribution in [0.4, 0.5) is 5.69 Å². The first kappa shape index (κ1) is 19.7. The number of nitrogens with zero attached hydrogens (tertiary/aromatic N) is 3. The van der Waals surface area contributed by atoms with Crippen molar-refractivity contribution in [2.45, 2.75) is 17.9 Å². The topological polar surface area (TPSA) is 122 Å². The van der Waals surface area contributed by atoms with E-state index < -0.39 is 21.1 Å². The van der Waals surface area contributed by atoms with Crippen LogP contribution >= 0.6 is 0 Å². The van der Waals surface area contributed by atoms with Crippen LogP contribution in [0.15, 0.2) is 23.1 Å². The SMILES string of the molecule is Cc1ccc([N+](=O)[O-])cc1S(=O)(=O)N1CCN(C(=O)C2CNCCO2)CC1. The van der Waals surface area contributed by atoms with Crippen LogP contribution in [0, 0.1) is 17.0 Å². The van der Waals surface area contributed by atoms with Crippen molar-refractivity contribution in [2.75, 3.05) is 45.9 Å². The molecular formula is C16H22N4O6S. The molecule has 2 aliphatic rings. The molecule has 1 unspecified atom stereocenters. The third kappa shape index (κ3) is 4.10. The number of piperazine rings is 1. The van der Waals surface area contributed by atoms with Gasteiger partial charge in [-0.25, -0.2) is 8.42 Å². The molecule has 11 heteroatoms. The zero-order valence-electron chi connectivity index (χ0n) is 15.0. The van der Waals surface area contributed by atoms with Crippen molar-refractivity contribution in [2.24, 2.45) is 0 Å². The second-order valence-electron chi connectivity index (χ2n) is 6.50. The zero-order chi connectivity index (χ0) is 19.6. The van der Waals surface area contributed by atoms with Gasteiger partial charge in [-0.2, -0.15) is 4.31 Å². The number of hydrogen-bond acceptors (Lipinski definition) is 7. The first-order valence-electron chi connectivity index (χ1n) is 8.67. The quantitative estimate of drug-likeness (QED) is 0.547. The third-order valence-electron chi connectivity index (χ3n) is 4.75. The van der Waals surface area contributed by atoms with Gasteiger partial charge in [-0.3, -0.25) is 14.9 Å². The van der Waals surface area contributed by atoms with Crippen molar-refractivity contribution < 1.29 is 22.9 Å². The number of nitro benzene ring substituents is 1. The number of non-ortho nitro benzene ring substituents is 1. The van der Waals surface area contributed by atoms with Gasteiger partial charge in [0, 0.05) is 51.4 Å². The monoisotopic (exact) mass is 398 g/mol. The first-order chi connectivity index (χ1) is 12.8. The van der Waals surface area contributed by atoms with E-state index in [1.165, 1.54) is 16.4 Å². The van der Waals surface area contributed by atoms with Gasteiger partial charge in [0.2, 0.25) is 10.0 Å². The molecule has 1 aromatic carbocycles. The van der Waals surface area contributed by atoms with E-state index in [9.17, 15) is 23.3 Å². The summed E-state index contributed by atoms with van der Waals surface area (Å²) >= 11 is 0. The zero-order valence-corrected chi connectivity index (χ0v) is 15.8. The average Bonchev–Trinajstić information content (AvgIpc) is 2.68. The Balaban J connectivity index is 1.70. The number of rotatable bonds is 4. The van der Waals surface area contributed by atoms with Crippen LogP contribution in [-0.4, -0.2) is 80.4 Å². The standard InChI is InChI=1S/C16H22N4O6S/c1-12-2-3-13(20(22)23)10-15(12)27(24,25)19-7-5-18(6-8-19)16(21)14-11-17-4-9-26-14/h2-3,10,14,17H,4-9,11H2,1H3. The summed E-state index contributed by atoms with van der Waals surface area (Å²) in [4.78, 5) is 24.4. The van der Waals surface area contributed by atoms with Crippen molar-refractivity contribution in [1.82, 2.24) is 14.5 Å². The minimum atomic E-state index is -3.88. The predicted molar refractivity (Wildman–Crippen MR) is 95.8 cm³/mol. The summed E-state index contributed by atoms with van der Waals surface area (Å²) in [5, 5.41) is 14.1. The van der Waals surface area contributed by atoms with E-state index in [2.05, 4.69) is 5.32 Å². The number of amides is 1. The molecule has 0 saturated carbocycles. The van der Waals surface area contributed by atoms with E-state index in [0.29, 0.717) is 25.3 Å². The number of morpholine rings is 1. The molecular weight excluding hydrogens is 376 g/mol. The number of benzene rings is 1. The third-order valence-corrected chi connectivity index (χ3v) is 6.79. The normalized spacial score (nSPS) is 21.8. The lowest BCUT2D eigenvalue weighted by molar-refractivity contribution is -0.385. The van der Waals surface area contributed by atoms with E-state index in [1.807, 2.05) is 0 Å². The average molecular weight is 398 g/mol. The molecule has 0 aliphatic carbocycles. The fraction of sp³-hybridized carbons (Fsp3) is 0.562. The lowest BCUT2D eigenvalue weighted by Gasteiger charge is -2.36. The van der Waals surface area contributed by atoms with Gasteiger partial charge in [-0.15, -0.1) is 0 Å². The van der Waals surface area contributed by atoms with E-state index in [4.69, 9.17) is 4.74 Å². The predicted octanol–water partition coefficient (Wildman–Crippen LogP) is -0.275. The molecule has 1 amide bonds. The van der Waals surface area contributed by atoms with Crippen LogP contribution < -0.4 is 5.32 Å². The molecule has 2 aliphatic heterocycles. The number of carbonyl (C=O) groups excluding carboxylic acids is 1. The van der Waals surface area contributed by atoms with E-state index in [1.54, 1.807) is 11.8 Å². The van der Waals surface area contributed by atoms with Crippen LogP contribution in [0.1, 0.15) is 5.56 Å². The van der Waals surface area contributed by atoms with Crippen LogP contribution in [-0.2, 0) is 19.6 Å². The molecule has 0 aromatic heterocycles. The first-order valence-corrected chi connectivity index (χ1v) is 10.1. The van der Waals surface area contributed by atoms with Crippen molar-refractivity contribution >= 4 is 21.6 Å². The molecule has 2 saturated heterocycles.